The molecule has 3 aromatic rings. The molecule has 4 nitrogen and oxygen atoms in total. The summed E-state index contributed by atoms with van der Waals surface area (Å²) >= 11 is 0. The minimum atomic E-state index is -4.19. The van der Waals surface area contributed by atoms with Gasteiger partial charge in [0.15, 0.2) is 33.9 Å². The van der Waals surface area contributed by atoms with Gasteiger partial charge in [0.25, 0.3) is 0 Å². The second kappa shape index (κ2) is 6.76. The number of sulfone groups is 1. The van der Waals surface area contributed by atoms with E-state index >= 15 is 0 Å². The predicted octanol–water partition coefficient (Wildman–Crippen LogP) is 4.44. The van der Waals surface area contributed by atoms with E-state index in [4.69, 9.17) is 4.52 Å². The Morgan fingerprint density at radius 1 is 0.926 bits per heavy atom. The molecule has 0 saturated carbocycles. The van der Waals surface area contributed by atoms with Crippen molar-refractivity contribution in [2.75, 3.05) is 6.26 Å². The molecule has 0 aliphatic heterocycles. The van der Waals surface area contributed by atoms with E-state index < -0.39 is 50.4 Å². The molecule has 0 aliphatic rings. The Morgan fingerprint density at radius 3 is 2.04 bits per heavy atom. The lowest BCUT2D eigenvalue weighted by atomic mass is 9.99. The molecule has 0 saturated heterocycles. The molecule has 0 radical (unpaired) electrons. The third-order valence-corrected chi connectivity index (χ3v) is 4.87. The van der Waals surface area contributed by atoms with Gasteiger partial charge in [-0.2, -0.15) is 0 Å². The summed E-state index contributed by atoms with van der Waals surface area (Å²) in [7, 11) is -4.19. The number of hydrogen-bond donors (Lipinski definition) is 0. The Morgan fingerprint density at radius 2 is 1.52 bits per heavy atom. The van der Waals surface area contributed by atoms with Crippen LogP contribution in [0.15, 0.2) is 39.8 Å². The largest absolute Gasteiger partial charge is 0.357 e. The number of nitrogens with zero attached hydrogens (tertiary/aromatic N) is 1. The Balaban J connectivity index is 2.26. The summed E-state index contributed by atoms with van der Waals surface area (Å²) < 4.78 is 96.1. The summed E-state index contributed by atoms with van der Waals surface area (Å²) in [6.45, 7) is -1.21. The van der Waals surface area contributed by atoms with Crippen LogP contribution in [-0.4, -0.2) is 19.8 Å². The standard InChI is InChI=1S/C17H10F5NO3S/c1-27(24,25)17-12(21)5-9(6-13(17)22)15-14(7-18)26-23-16(15)8-2-3-10(19)11(20)4-8/h2-6H,7H2,1H3. The van der Waals surface area contributed by atoms with Gasteiger partial charge < -0.3 is 4.52 Å². The Kier molecular flexibility index (Phi) is 4.77. The van der Waals surface area contributed by atoms with Crippen molar-refractivity contribution >= 4 is 9.84 Å². The molecule has 142 valence electrons. The van der Waals surface area contributed by atoms with Crippen LogP contribution in [0.5, 0.6) is 0 Å². The summed E-state index contributed by atoms with van der Waals surface area (Å²) in [5.41, 5.74) is -0.694. The summed E-state index contributed by atoms with van der Waals surface area (Å²) in [6.07, 6.45) is 0.632. The number of rotatable bonds is 4. The summed E-state index contributed by atoms with van der Waals surface area (Å²) in [6, 6.07) is 4.03. The highest BCUT2D eigenvalue weighted by Gasteiger charge is 2.25. The average molecular weight is 403 g/mol. The second-order valence-electron chi connectivity index (χ2n) is 5.63. The van der Waals surface area contributed by atoms with Gasteiger partial charge in [0.05, 0.1) is 5.56 Å². The molecular weight excluding hydrogens is 393 g/mol. The third kappa shape index (κ3) is 3.44. The Hall–Kier alpha value is -2.75. The molecule has 27 heavy (non-hydrogen) atoms. The van der Waals surface area contributed by atoms with Crippen LogP contribution in [0.2, 0.25) is 0 Å². The maximum absolute atomic E-state index is 14.2. The first-order valence-corrected chi connectivity index (χ1v) is 9.22. The van der Waals surface area contributed by atoms with Crippen molar-refractivity contribution in [1.29, 1.82) is 0 Å². The summed E-state index contributed by atoms with van der Waals surface area (Å²) in [5.74, 6) is -5.55. The van der Waals surface area contributed by atoms with Crippen LogP contribution in [0.3, 0.4) is 0 Å². The van der Waals surface area contributed by atoms with Crippen LogP contribution in [-0.2, 0) is 16.5 Å². The zero-order chi connectivity index (χ0) is 19.9. The lowest BCUT2D eigenvalue weighted by molar-refractivity contribution is 0.332. The molecule has 10 heteroatoms. The van der Waals surface area contributed by atoms with Crippen LogP contribution in [0.4, 0.5) is 22.0 Å². The maximum atomic E-state index is 14.2. The summed E-state index contributed by atoms with van der Waals surface area (Å²) in [5, 5.41) is 3.57. The molecule has 0 aliphatic carbocycles. The quantitative estimate of drug-likeness (QED) is 0.605. The van der Waals surface area contributed by atoms with Crippen molar-refractivity contribution < 1.29 is 34.9 Å². The zero-order valence-electron chi connectivity index (χ0n) is 13.6. The van der Waals surface area contributed by atoms with Gasteiger partial charge in [-0.25, -0.2) is 30.4 Å². The minimum Gasteiger partial charge on any atom is -0.357 e. The van der Waals surface area contributed by atoms with E-state index in [9.17, 15) is 30.4 Å². The molecule has 0 amide bonds. The fraction of sp³-hybridized carbons (Fsp3) is 0.118. The minimum absolute atomic E-state index is 0.0274. The van der Waals surface area contributed by atoms with E-state index in [1.165, 1.54) is 0 Å². The Labute approximate surface area is 150 Å². The van der Waals surface area contributed by atoms with Gasteiger partial charge in [0.1, 0.15) is 22.2 Å². The molecule has 0 N–H and O–H groups in total. The van der Waals surface area contributed by atoms with Gasteiger partial charge in [-0.15, -0.1) is 0 Å². The van der Waals surface area contributed by atoms with Gasteiger partial charge in [-0.05, 0) is 35.9 Å². The molecule has 2 aromatic carbocycles. The number of hydrogen-bond acceptors (Lipinski definition) is 4. The van der Waals surface area contributed by atoms with E-state index in [-0.39, 0.29) is 22.4 Å². The van der Waals surface area contributed by atoms with Crippen LogP contribution < -0.4 is 0 Å². The topological polar surface area (TPSA) is 60.2 Å². The highest BCUT2D eigenvalue weighted by Crippen LogP contribution is 2.37. The van der Waals surface area contributed by atoms with Crippen molar-refractivity contribution in [3.63, 3.8) is 0 Å². The van der Waals surface area contributed by atoms with E-state index in [1.54, 1.807) is 0 Å². The van der Waals surface area contributed by atoms with Gasteiger partial charge in [-0.1, -0.05) is 5.16 Å². The van der Waals surface area contributed by atoms with Gasteiger partial charge in [0, 0.05) is 11.8 Å². The highest BCUT2D eigenvalue weighted by atomic mass is 32.2. The molecule has 1 heterocycles. The molecule has 1 aromatic heterocycles. The van der Waals surface area contributed by atoms with E-state index in [2.05, 4.69) is 5.16 Å². The van der Waals surface area contributed by atoms with Gasteiger partial charge >= 0.3 is 0 Å². The van der Waals surface area contributed by atoms with Crippen molar-refractivity contribution in [2.24, 2.45) is 0 Å². The lowest BCUT2D eigenvalue weighted by Crippen LogP contribution is -2.05. The molecule has 3 rings (SSSR count). The molecule has 0 bridgehead atoms. The first-order valence-electron chi connectivity index (χ1n) is 7.33. The number of aromatic nitrogens is 1. The molecule has 0 spiro atoms. The zero-order valence-corrected chi connectivity index (χ0v) is 14.4. The first-order chi connectivity index (χ1) is 12.6. The van der Waals surface area contributed by atoms with Crippen LogP contribution in [0.25, 0.3) is 22.4 Å². The van der Waals surface area contributed by atoms with Crippen LogP contribution in [0, 0.1) is 23.3 Å². The number of benzene rings is 2. The van der Waals surface area contributed by atoms with Gasteiger partial charge in [-0.3, -0.25) is 0 Å². The van der Waals surface area contributed by atoms with Gasteiger partial charge in [0.2, 0.25) is 0 Å². The smallest absolute Gasteiger partial charge is 0.181 e. The van der Waals surface area contributed by atoms with E-state index in [1.807, 2.05) is 0 Å². The van der Waals surface area contributed by atoms with Crippen molar-refractivity contribution in [3.05, 3.63) is 59.4 Å². The molecule has 0 fully saturated rings. The van der Waals surface area contributed by atoms with Crippen molar-refractivity contribution in [2.45, 2.75) is 11.6 Å². The first kappa shape index (κ1) is 19.0. The number of halogens is 5. The fourth-order valence-corrected chi connectivity index (χ4v) is 3.44. The van der Waals surface area contributed by atoms with E-state index in [0.717, 1.165) is 18.2 Å². The summed E-state index contributed by atoms with van der Waals surface area (Å²) in [4.78, 5) is -1.14. The lowest BCUT2D eigenvalue weighted by Gasteiger charge is -2.08. The third-order valence-electron chi connectivity index (χ3n) is 3.73. The normalized spacial score (nSPS) is 11.8. The highest BCUT2D eigenvalue weighted by molar-refractivity contribution is 7.90. The predicted molar refractivity (Wildman–Crippen MR) is 85.1 cm³/mol. The average Bonchev–Trinajstić information content (AvgIpc) is 2.99. The Bertz CT molecular complexity index is 1120. The van der Waals surface area contributed by atoms with Crippen LogP contribution in [0.1, 0.15) is 5.76 Å². The molecule has 0 atom stereocenters. The molecule has 0 unspecified atom stereocenters. The van der Waals surface area contributed by atoms with Crippen LogP contribution >= 0.6 is 0 Å². The van der Waals surface area contributed by atoms with Crippen molar-refractivity contribution in [1.82, 2.24) is 5.16 Å². The van der Waals surface area contributed by atoms with Crippen molar-refractivity contribution in [3.8, 4) is 22.4 Å². The van der Waals surface area contributed by atoms with E-state index in [0.29, 0.717) is 18.4 Å². The molecular formula is C17H10F5NO3S. The fourth-order valence-electron chi connectivity index (χ4n) is 2.61. The SMILES string of the molecule is CS(=O)(=O)c1c(F)cc(-c2c(-c3ccc(F)c(F)c3)noc2CF)cc1F. The second-order valence-corrected chi connectivity index (χ2v) is 7.59. The monoisotopic (exact) mass is 403 g/mol. The maximum Gasteiger partial charge on any atom is 0.181 e. The number of alkyl halides is 1.